The second-order valence-electron chi connectivity index (χ2n) is 3.18. The molecule has 78 valence electrons. The van der Waals surface area contributed by atoms with Crippen LogP contribution in [0.25, 0.3) is 0 Å². The average molecular weight is 195 g/mol. The molecule has 3 nitrogen and oxygen atoms in total. The SMILES string of the molecule is COc1cccc(C(C)NCCO)c1. The average Bonchev–Trinajstić information content (AvgIpc) is 2.26. The van der Waals surface area contributed by atoms with Gasteiger partial charge in [-0.05, 0) is 24.6 Å². The Morgan fingerprint density at radius 2 is 2.29 bits per heavy atom. The fraction of sp³-hybridized carbons (Fsp3) is 0.455. The van der Waals surface area contributed by atoms with Crippen molar-refractivity contribution >= 4 is 0 Å². The summed E-state index contributed by atoms with van der Waals surface area (Å²) in [5.41, 5.74) is 1.16. The number of aliphatic hydroxyl groups is 1. The standard InChI is InChI=1S/C11H17NO2/c1-9(12-6-7-13)10-4-3-5-11(8-10)14-2/h3-5,8-9,12-13H,6-7H2,1-2H3. The summed E-state index contributed by atoms with van der Waals surface area (Å²) in [6, 6.07) is 8.15. The molecule has 0 amide bonds. The summed E-state index contributed by atoms with van der Waals surface area (Å²) in [5.74, 6) is 0.861. The third-order valence-corrected chi connectivity index (χ3v) is 2.16. The van der Waals surface area contributed by atoms with E-state index in [1.54, 1.807) is 7.11 Å². The molecule has 14 heavy (non-hydrogen) atoms. The van der Waals surface area contributed by atoms with Crippen LogP contribution in [0.3, 0.4) is 0 Å². The van der Waals surface area contributed by atoms with Crippen LogP contribution in [0.1, 0.15) is 18.5 Å². The highest BCUT2D eigenvalue weighted by atomic mass is 16.5. The number of methoxy groups -OCH3 is 1. The van der Waals surface area contributed by atoms with Crippen molar-refractivity contribution in [3.63, 3.8) is 0 Å². The van der Waals surface area contributed by atoms with E-state index >= 15 is 0 Å². The second kappa shape index (κ2) is 5.62. The highest BCUT2D eigenvalue weighted by Gasteiger charge is 2.04. The Balaban J connectivity index is 2.64. The fourth-order valence-corrected chi connectivity index (χ4v) is 1.31. The van der Waals surface area contributed by atoms with Gasteiger partial charge in [0.1, 0.15) is 5.75 Å². The molecule has 0 aliphatic carbocycles. The molecule has 2 N–H and O–H groups in total. The zero-order chi connectivity index (χ0) is 10.4. The molecule has 1 atom stereocenters. The topological polar surface area (TPSA) is 41.5 Å². The van der Waals surface area contributed by atoms with Crippen LogP contribution in [0.5, 0.6) is 5.75 Å². The lowest BCUT2D eigenvalue weighted by molar-refractivity contribution is 0.286. The lowest BCUT2D eigenvalue weighted by Crippen LogP contribution is -2.21. The number of hydrogen-bond donors (Lipinski definition) is 2. The predicted octanol–water partition coefficient (Wildman–Crippen LogP) is 1.34. The van der Waals surface area contributed by atoms with E-state index in [2.05, 4.69) is 12.2 Å². The first kappa shape index (κ1) is 11.0. The first-order chi connectivity index (χ1) is 6.77. The van der Waals surface area contributed by atoms with Crippen molar-refractivity contribution in [1.29, 1.82) is 0 Å². The summed E-state index contributed by atoms with van der Waals surface area (Å²) in [4.78, 5) is 0. The highest BCUT2D eigenvalue weighted by molar-refractivity contribution is 5.30. The first-order valence-corrected chi connectivity index (χ1v) is 4.76. The van der Waals surface area contributed by atoms with Crippen molar-refractivity contribution in [2.45, 2.75) is 13.0 Å². The monoisotopic (exact) mass is 195 g/mol. The van der Waals surface area contributed by atoms with Crippen LogP contribution in [0.4, 0.5) is 0 Å². The van der Waals surface area contributed by atoms with Crippen molar-refractivity contribution < 1.29 is 9.84 Å². The van der Waals surface area contributed by atoms with Crippen LogP contribution in [0, 0.1) is 0 Å². The largest absolute Gasteiger partial charge is 0.497 e. The minimum Gasteiger partial charge on any atom is -0.497 e. The van der Waals surface area contributed by atoms with Crippen molar-refractivity contribution in [3.05, 3.63) is 29.8 Å². The van der Waals surface area contributed by atoms with Crippen molar-refractivity contribution in [2.75, 3.05) is 20.3 Å². The summed E-state index contributed by atoms with van der Waals surface area (Å²) in [5, 5.41) is 11.9. The van der Waals surface area contributed by atoms with Gasteiger partial charge in [0.15, 0.2) is 0 Å². The maximum Gasteiger partial charge on any atom is 0.119 e. The quantitative estimate of drug-likeness (QED) is 0.745. The summed E-state index contributed by atoms with van der Waals surface area (Å²) in [6.07, 6.45) is 0. The maximum atomic E-state index is 8.68. The maximum absolute atomic E-state index is 8.68. The van der Waals surface area contributed by atoms with E-state index in [9.17, 15) is 0 Å². The molecule has 0 spiro atoms. The van der Waals surface area contributed by atoms with Gasteiger partial charge in [0.25, 0.3) is 0 Å². The van der Waals surface area contributed by atoms with Crippen molar-refractivity contribution in [2.24, 2.45) is 0 Å². The van der Waals surface area contributed by atoms with Crippen LogP contribution in [-0.2, 0) is 0 Å². The number of benzene rings is 1. The summed E-state index contributed by atoms with van der Waals surface area (Å²) < 4.78 is 5.13. The van der Waals surface area contributed by atoms with Crippen LogP contribution in [0.15, 0.2) is 24.3 Å². The normalized spacial score (nSPS) is 12.5. The van der Waals surface area contributed by atoms with Gasteiger partial charge in [0.05, 0.1) is 13.7 Å². The molecule has 0 bridgehead atoms. The van der Waals surface area contributed by atoms with Crippen LogP contribution in [0.2, 0.25) is 0 Å². The number of rotatable bonds is 5. The Kier molecular flexibility index (Phi) is 4.43. The first-order valence-electron chi connectivity index (χ1n) is 4.76. The Bertz CT molecular complexity index is 276. The molecular weight excluding hydrogens is 178 g/mol. The van der Waals surface area contributed by atoms with Crippen molar-refractivity contribution in [3.8, 4) is 5.75 Å². The minimum atomic E-state index is 0.161. The smallest absolute Gasteiger partial charge is 0.119 e. The van der Waals surface area contributed by atoms with Gasteiger partial charge in [0, 0.05) is 12.6 Å². The molecule has 0 saturated carbocycles. The Hall–Kier alpha value is -1.06. The summed E-state index contributed by atoms with van der Waals surface area (Å²) in [6.45, 7) is 2.83. The molecule has 0 radical (unpaired) electrons. The molecule has 1 rings (SSSR count). The van der Waals surface area contributed by atoms with E-state index < -0.39 is 0 Å². The molecule has 0 heterocycles. The van der Waals surface area contributed by atoms with Gasteiger partial charge in [-0.2, -0.15) is 0 Å². The van der Waals surface area contributed by atoms with Crippen LogP contribution >= 0.6 is 0 Å². The van der Waals surface area contributed by atoms with E-state index in [4.69, 9.17) is 9.84 Å². The molecule has 0 aliphatic heterocycles. The van der Waals surface area contributed by atoms with Crippen LogP contribution in [-0.4, -0.2) is 25.4 Å². The lowest BCUT2D eigenvalue weighted by atomic mass is 10.1. The third-order valence-electron chi connectivity index (χ3n) is 2.16. The Morgan fingerprint density at radius 3 is 2.93 bits per heavy atom. The molecule has 0 saturated heterocycles. The number of ether oxygens (including phenoxy) is 1. The second-order valence-corrected chi connectivity index (χ2v) is 3.18. The number of hydrogen-bond acceptors (Lipinski definition) is 3. The molecule has 0 aliphatic rings. The van der Waals surface area contributed by atoms with Gasteiger partial charge in [-0.25, -0.2) is 0 Å². The van der Waals surface area contributed by atoms with E-state index in [1.807, 2.05) is 24.3 Å². The van der Waals surface area contributed by atoms with Gasteiger partial charge >= 0.3 is 0 Å². The highest BCUT2D eigenvalue weighted by Crippen LogP contribution is 2.18. The predicted molar refractivity (Wildman–Crippen MR) is 56.5 cm³/mol. The van der Waals surface area contributed by atoms with Gasteiger partial charge in [0.2, 0.25) is 0 Å². The van der Waals surface area contributed by atoms with Gasteiger partial charge in [-0.3, -0.25) is 0 Å². The fourth-order valence-electron chi connectivity index (χ4n) is 1.31. The van der Waals surface area contributed by atoms with Crippen molar-refractivity contribution in [1.82, 2.24) is 5.32 Å². The van der Waals surface area contributed by atoms with E-state index in [0.717, 1.165) is 11.3 Å². The zero-order valence-corrected chi connectivity index (χ0v) is 8.66. The summed E-state index contributed by atoms with van der Waals surface area (Å²) in [7, 11) is 1.66. The lowest BCUT2D eigenvalue weighted by Gasteiger charge is -2.13. The minimum absolute atomic E-state index is 0.161. The molecule has 3 heteroatoms. The molecule has 1 aromatic rings. The molecule has 1 aromatic carbocycles. The van der Waals surface area contributed by atoms with Crippen LogP contribution < -0.4 is 10.1 Å². The Labute approximate surface area is 84.7 Å². The number of nitrogens with one attached hydrogen (secondary N) is 1. The summed E-state index contributed by atoms with van der Waals surface area (Å²) >= 11 is 0. The molecule has 0 fully saturated rings. The van der Waals surface area contributed by atoms with E-state index in [0.29, 0.717) is 6.54 Å². The van der Waals surface area contributed by atoms with Gasteiger partial charge in [-0.1, -0.05) is 12.1 Å². The third kappa shape index (κ3) is 3.01. The van der Waals surface area contributed by atoms with Gasteiger partial charge in [-0.15, -0.1) is 0 Å². The number of aliphatic hydroxyl groups excluding tert-OH is 1. The van der Waals surface area contributed by atoms with E-state index in [1.165, 1.54) is 0 Å². The Morgan fingerprint density at radius 1 is 1.50 bits per heavy atom. The molecular formula is C11H17NO2. The molecule has 0 aromatic heterocycles. The zero-order valence-electron chi connectivity index (χ0n) is 8.66. The molecule has 1 unspecified atom stereocenters. The van der Waals surface area contributed by atoms with E-state index in [-0.39, 0.29) is 12.6 Å². The van der Waals surface area contributed by atoms with Gasteiger partial charge < -0.3 is 15.2 Å².